The largest absolute Gasteiger partial charge is 0.457 e. The van der Waals surface area contributed by atoms with Gasteiger partial charge in [0.2, 0.25) is 0 Å². The second-order valence-corrected chi connectivity index (χ2v) is 13.7. The normalized spacial score (nSPS) is 22.0. The van der Waals surface area contributed by atoms with Gasteiger partial charge in [-0.3, -0.25) is 4.79 Å². The first-order valence-corrected chi connectivity index (χ1v) is 19.6. The van der Waals surface area contributed by atoms with Crippen molar-refractivity contribution >= 4 is 5.97 Å². The number of unbranched alkanes of at least 4 members (excludes halogenated alkanes) is 22. The highest BCUT2D eigenvalue weighted by molar-refractivity contribution is 5.69. The summed E-state index contributed by atoms with van der Waals surface area (Å²) in [6, 6.07) is 0. The van der Waals surface area contributed by atoms with Crippen molar-refractivity contribution in [2.75, 3.05) is 26.4 Å². The Bertz CT molecular complexity index is 692. The lowest BCUT2D eigenvalue weighted by molar-refractivity contribution is -0.305. The van der Waals surface area contributed by atoms with Crippen LogP contribution >= 0.6 is 0 Å². The summed E-state index contributed by atoms with van der Waals surface area (Å²) in [7, 11) is 0. The number of hydrogen-bond acceptors (Lipinski definition) is 9. The maximum absolute atomic E-state index is 12.7. The molecule has 0 aromatic carbocycles. The van der Waals surface area contributed by atoms with Gasteiger partial charge in [0.25, 0.3) is 0 Å². The summed E-state index contributed by atoms with van der Waals surface area (Å²) in [5.41, 5.74) is 0. The number of aliphatic hydroxyl groups excluding tert-OH is 4. The third-order valence-corrected chi connectivity index (χ3v) is 9.27. The Labute approximate surface area is 287 Å². The quantitative estimate of drug-likeness (QED) is 0.0412. The lowest BCUT2D eigenvalue weighted by Gasteiger charge is -2.39. The summed E-state index contributed by atoms with van der Waals surface area (Å²) in [5, 5.41) is 39.9. The first-order valence-electron chi connectivity index (χ1n) is 19.6. The Morgan fingerprint density at radius 2 is 1.04 bits per heavy atom. The van der Waals surface area contributed by atoms with Crippen molar-refractivity contribution < 1.29 is 44.2 Å². The van der Waals surface area contributed by atoms with Crippen LogP contribution < -0.4 is 0 Å². The lowest BCUT2D eigenvalue weighted by Crippen LogP contribution is -2.59. The average Bonchev–Trinajstić information content (AvgIpc) is 3.07. The molecule has 0 amide bonds. The van der Waals surface area contributed by atoms with Gasteiger partial charge in [-0.25, -0.2) is 0 Å². The van der Waals surface area contributed by atoms with Crippen molar-refractivity contribution in [3.8, 4) is 0 Å². The van der Waals surface area contributed by atoms with E-state index in [4.69, 9.17) is 18.9 Å². The first-order chi connectivity index (χ1) is 22.9. The summed E-state index contributed by atoms with van der Waals surface area (Å²) in [6.45, 7) is 4.56. The highest BCUT2D eigenvalue weighted by atomic mass is 16.7. The van der Waals surface area contributed by atoms with E-state index in [9.17, 15) is 25.2 Å². The Morgan fingerprint density at radius 1 is 0.596 bits per heavy atom. The Morgan fingerprint density at radius 3 is 1.51 bits per heavy atom. The van der Waals surface area contributed by atoms with E-state index < -0.39 is 43.4 Å². The van der Waals surface area contributed by atoms with E-state index >= 15 is 0 Å². The van der Waals surface area contributed by atoms with E-state index in [0.717, 1.165) is 32.1 Å². The zero-order chi connectivity index (χ0) is 34.4. The summed E-state index contributed by atoms with van der Waals surface area (Å²) < 4.78 is 22.7. The Balaban J connectivity index is 2.29. The van der Waals surface area contributed by atoms with Crippen LogP contribution in [0.1, 0.15) is 174 Å². The predicted octanol–water partition coefficient (Wildman–Crippen LogP) is 7.52. The molecule has 0 radical (unpaired) electrons. The molecule has 9 heteroatoms. The molecule has 1 saturated heterocycles. The van der Waals surface area contributed by atoms with Gasteiger partial charge < -0.3 is 39.4 Å². The van der Waals surface area contributed by atoms with Crippen LogP contribution in [-0.4, -0.2) is 89.6 Å². The minimum Gasteiger partial charge on any atom is -0.457 e. The van der Waals surface area contributed by atoms with E-state index in [1.807, 2.05) is 0 Å². The highest BCUT2D eigenvalue weighted by Gasteiger charge is 2.44. The highest BCUT2D eigenvalue weighted by Crippen LogP contribution is 2.22. The van der Waals surface area contributed by atoms with Crippen LogP contribution in [0, 0.1) is 0 Å². The molecule has 1 fully saturated rings. The summed E-state index contributed by atoms with van der Waals surface area (Å²) in [5.74, 6) is -0.311. The molecule has 0 aromatic heterocycles. The average molecular weight is 675 g/mol. The molecule has 6 unspecified atom stereocenters. The van der Waals surface area contributed by atoms with Gasteiger partial charge in [0.1, 0.15) is 30.5 Å². The molecular formula is C38H74O9. The number of carbonyl (C=O) groups excluding carboxylic acids is 1. The fraction of sp³-hybridized carbons (Fsp3) is 0.974. The van der Waals surface area contributed by atoms with Gasteiger partial charge in [0, 0.05) is 13.0 Å². The molecule has 280 valence electrons. The van der Waals surface area contributed by atoms with Gasteiger partial charge in [0.15, 0.2) is 6.29 Å². The van der Waals surface area contributed by atoms with Crippen LogP contribution in [0.3, 0.4) is 0 Å². The Kier molecular flexibility index (Phi) is 29.3. The second-order valence-electron chi connectivity index (χ2n) is 13.7. The monoisotopic (exact) mass is 675 g/mol. The zero-order valence-electron chi connectivity index (χ0n) is 30.3. The van der Waals surface area contributed by atoms with E-state index in [2.05, 4.69) is 13.8 Å². The number of ether oxygens (including phenoxy) is 4. The smallest absolute Gasteiger partial charge is 0.306 e. The van der Waals surface area contributed by atoms with Gasteiger partial charge in [-0.15, -0.1) is 0 Å². The molecule has 0 bridgehead atoms. The lowest BCUT2D eigenvalue weighted by atomic mass is 9.99. The summed E-state index contributed by atoms with van der Waals surface area (Å²) >= 11 is 0. The third kappa shape index (κ3) is 23.3. The topological polar surface area (TPSA) is 135 Å². The maximum atomic E-state index is 12.7. The van der Waals surface area contributed by atoms with Crippen LogP contribution in [0.15, 0.2) is 0 Å². The van der Waals surface area contributed by atoms with Crippen molar-refractivity contribution in [1.29, 1.82) is 0 Å². The van der Waals surface area contributed by atoms with Crippen molar-refractivity contribution in [3.63, 3.8) is 0 Å². The van der Waals surface area contributed by atoms with Crippen molar-refractivity contribution in [2.24, 2.45) is 0 Å². The predicted molar refractivity (Wildman–Crippen MR) is 187 cm³/mol. The zero-order valence-corrected chi connectivity index (χ0v) is 30.3. The van der Waals surface area contributed by atoms with E-state index in [0.29, 0.717) is 13.0 Å². The molecule has 1 aliphatic rings. The maximum Gasteiger partial charge on any atom is 0.306 e. The molecule has 9 nitrogen and oxygen atoms in total. The van der Waals surface area contributed by atoms with Gasteiger partial charge in [-0.05, 0) is 12.8 Å². The minimum absolute atomic E-state index is 0.106. The molecule has 0 spiro atoms. The molecule has 1 aliphatic heterocycles. The number of aliphatic hydroxyl groups is 4. The minimum atomic E-state index is -1.53. The van der Waals surface area contributed by atoms with Crippen molar-refractivity contribution in [3.05, 3.63) is 0 Å². The molecule has 4 N–H and O–H groups in total. The number of esters is 1. The molecule has 0 aliphatic carbocycles. The third-order valence-electron chi connectivity index (χ3n) is 9.27. The molecule has 47 heavy (non-hydrogen) atoms. The standard InChI is InChI=1S/C38H74O9/c1-3-5-7-9-11-13-14-15-16-17-18-19-21-23-25-27-34(40)46-32(30-44-28-26-24-22-20-12-10-8-6-4-2)31-45-38-37(43)36(42)35(41)33(29-39)47-38/h32-33,35-39,41-43H,3-31H2,1-2H3. The Hall–Kier alpha value is -0.810. The molecular weight excluding hydrogens is 600 g/mol. The van der Waals surface area contributed by atoms with Crippen LogP contribution in [0.4, 0.5) is 0 Å². The number of hydrogen-bond donors (Lipinski definition) is 4. The molecule has 1 rings (SSSR count). The number of carbonyl (C=O) groups is 1. The van der Waals surface area contributed by atoms with Gasteiger partial charge >= 0.3 is 5.97 Å². The van der Waals surface area contributed by atoms with E-state index in [1.165, 1.54) is 122 Å². The van der Waals surface area contributed by atoms with Gasteiger partial charge in [-0.1, -0.05) is 155 Å². The molecule has 1 heterocycles. The van der Waals surface area contributed by atoms with E-state index in [1.54, 1.807) is 0 Å². The summed E-state index contributed by atoms with van der Waals surface area (Å²) in [4.78, 5) is 12.7. The van der Waals surface area contributed by atoms with Crippen LogP contribution in [0.5, 0.6) is 0 Å². The van der Waals surface area contributed by atoms with Crippen LogP contribution in [0.25, 0.3) is 0 Å². The second kappa shape index (κ2) is 31.2. The van der Waals surface area contributed by atoms with Crippen LogP contribution in [-0.2, 0) is 23.7 Å². The fourth-order valence-corrected chi connectivity index (χ4v) is 6.14. The van der Waals surface area contributed by atoms with Crippen molar-refractivity contribution in [2.45, 2.75) is 211 Å². The molecule has 0 aromatic rings. The van der Waals surface area contributed by atoms with Gasteiger partial charge in [0.05, 0.1) is 19.8 Å². The summed E-state index contributed by atoms with van der Waals surface area (Å²) in [6.07, 6.45) is 22.7. The number of rotatable bonds is 33. The van der Waals surface area contributed by atoms with Crippen molar-refractivity contribution in [1.82, 2.24) is 0 Å². The molecule has 0 saturated carbocycles. The van der Waals surface area contributed by atoms with Gasteiger partial charge in [-0.2, -0.15) is 0 Å². The van der Waals surface area contributed by atoms with Crippen LogP contribution in [0.2, 0.25) is 0 Å². The molecule has 6 atom stereocenters. The fourth-order valence-electron chi connectivity index (χ4n) is 6.14. The SMILES string of the molecule is CCCCCCCCCCCCCCCCCC(=O)OC(COCCCCCCCCCCC)COC1OC(CO)C(O)C(O)C1O. The first kappa shape index (κ1) is 44.2. The van der Waals surface area contributed by atoms with E-state index in [-0.39, 0.29) is 19.2 Å².